The first-order valence-electron chi connectivity index (χ1n) is 20.6. The molecule has 0 spiro atoms. The molecule has 2 nitrogen and oxygen atoms in total. The molecule has 10 aromatic carbocycles. The lowest BCUT2D eigenvalue weighted by Crippen LogP contribution is -2.10. The summed E-state index contributed by atoms with van der Waals surface area (Å²) >= 11 is 0. The summed E-state index contributed by atoms with van der Waals surface area (Å²) in [6.45, 7) is 0. The second kappa shape index (κ2) is 15.1. The molecule has 0 aliphatic rings. The summed E-state index contributed by atoms with van der Waals surface area (Å²) in [5.41, 5.74) is 16.3. The van der Waals surface area contributed by atoms with Gasteiger partial charge in [-0.1, -0.05) is 188 Å². The van der Waals surface area contributed by atoms with Crippen LogP contribution in [-0.2, 0) is 0 Å². The Morgan fingerprint density at radius 2 is 0.733 bits per heavy atom. The van der Waals surface area contributed by atoms with Crippen LogP contribution >= 0.6 is 0 Å². The molecule has 0 atom stereocenters. The van der Waals surface area contributed by atoms with Gasteiger partial charge in [0.2, 0.25) is 0 Å². The molecule has 0 amide bonds. The highest BCUT2D eigenvalue weighted by molar-refractivity contribution is 6.10. The Bertz CT molecular complexity index is 3230. The van der Waals surface area contributed by atoms with E-state index in [-0.39, 0.29) is 0 Å². The zero-order valence-corrected chi connectivity index (χ0v) is 33.0. The summed E-state index contributed by atoms with van der Waals surface area (Å²) in [6.07, 6.45) is 0. The summed E-state index contributed by atoms with van der Waals surface area (Å²) < 4.78 is 2.41. The summed E-state index contributed by atoms with van der Waals surface area (Å²) in [6, 6.07) is 87.9. The van der Waals surface area contributed by atoms with Gasteiger partial charge in [0.15, 0.2) is 0 Å². The van der Waals surface area contributed by atoms with Gasteiger partial charge >= 0.3 is 0 Å². The number of benzene rings is 10. The number of para-hydroxylation sites is 3. The third kappa shape index (κ3) is 6.23. The molecule has 0 saturated carbocycles. The molecule has 11 aromatic rings. The van der Waals surface area contributed by atoms with Crippen molar-refractivity contribution in [1.29, 1.82) is 0 Å². The summed E-state index contributed by atoms with van der Waals surface area (Å²) in [5, 5.41) is 5.00. The van der Waals surface area contributed by atoms with Gasteiger partial charge in [0.05, 0.1) is 16.7 Å². The smallest absolute Gasteiger partial charge is 0.0541 e. The number of rotatable bonds is 8. The Morgan fingerprint density at radius 1 is 0.267 bits per heavy atom. The SMILES string of the molecule is c1ccc(-c2ccc(N(c3ccc(-c4ccccc4-n4c5ccccc5c5ccccc54)cc3)c3ccc(-c4cccc5ccccc45)c(-c4ccccc4)c3)cc2)cc1. The minimum absolute atomic E-state index is 1.08. The lowest BCUT2D eigenvalue weighted by atomic mass is 9.90. The molecule has 0 saturated heterocycles. The Labute approximate surface area is 350 Å². The molecule has 1 aromatic heterocycles. The van der Waals surface area contributed by atoms with Gasteiger partial charge in [-0.25, -0.2) is 0 Å². The molecule has 0 fully saturated rings. The highest BCUT2D eigenvalue weighted by atomic mass is 15.1. The first kappa shape index (κ1) is 35.2. The van der Waals surface area contributed by atoms with E-state index < -0.39 is 0 Å². The second-order valence-corrected chi connectivity index (χ2v) is 15.3. The fourth-order valence-corrected chi connectivity index (χ4v) is 8.99. The van der Waals surface area contributed by atoms with Crippen molar-refractivity contribution in [3.63, 3.8) is 0 Å². The molecule has 11 rings (SSSR count). The lowest BCUT2D eigenvalue weighted by molar-refractivity contribution is 1.18. The van der Waals surface area contributed by atoms with Crippen LogP contribution in [0.3, 0.4) is 0 Å². The van der Waals surface area contributed by atoms with Gasteiger partial charge in [-0.3, -0.25) is 0 Å². The van der Waals surface area contributed by atoms with Crippen molar-refractivity contribution in [2.75, 3.05) is 4.90 Å². The van der Waals surface area contributed by atoms with Crippen molar-refractivity contribution >= 4 is 49.6 Å². The molecule has 2 heteroatoms. The van der Waals surface area contributed by atoms with E-state index in [1.165, 1.54) is 71.5 Å². The van der Waals surface area contributed by atoms with Crippen LogP contribution in [0.4, 0.5) is 17.1 Å². The quantitative estimate of drug-likeness (QED) is 0.150. The van der Waals surface area contributed by atoms with E-state index in [4.69, 9.17) is 0 Å². The minimum Gasteiger partial charge on any atom is -0.310 e. The van der Waals surface area contributed by atoms with Crippen molar-refractivity contribution in [2.45, 2.75) is 0 Å². The Hall–Kier alpha value is -7.94. The Balaban J connectivity index is 1.06. The fourth-order valence-electron chi connectivity index (χ4n) is 8.99. The Kier molecular flexibility index (Phi) is 8.87. The van der Waals surface area contributed by atoms with Gasteiger partial charge in [0.1, 0.15) is 0 Å². The number of aromatic nitrogens is 1. The van der Waals surface area contributed by atoms with Crippen molar-refractivity contribution in [3.05, 3.63) is 243 Å². The number of nitrogens with zero attached hydrogens (tertiary/aromatic N) is 2. The van der Waals surface area contributed by atoms with E-state index in [1.807, 2.05) is 0 Å². The summed E-state index contributed by atoms with van der Waals surface area (Å²) in [7, 11) is 0. The molecule has 0 unspecified atom stereocenters. The molecule has 282 valence electrons. The molecular weight excluding hydrogens is 725 g/mol. The van der Waals surface area contributed by atoms with Crippen LogP contribution < -0.4 is 4.90 Å². The molecule has 0 aliphatic heterocycles. The second-order valence-electron chi connectivity index (χ2n) is 15.3. The van der Waals surface area contributed by atoms with Gasteiger partial charge in [-0.2, -0.15) is 0 Å². The standard InChI is InChI=1S/C58H40N2/c1-3-16-41(17-4-1)42-30-34-46(35-31-42)59(48-38-39-52(55(40-48)44-18-5-2-6-19-44)51-26-15-21-43-20-7-8-22-49(43)51)47-36-32-45(33-37-47)50-23-9-12-27-56(50)60-57-28-13-10-24-53(57)54-25-11-14-29-58(54)60/h1-40H. The molecule has 0 aliphatic carbocycles. The van der Waals surface area contributed by atoms with Gasteiger partial charge in [-0.15, -0.1) is 0 Å². The predicted octanol–water partition coefficient (Wildman–Crippen LogP) is 16.1. The third-order valence-electron chi connectivity index (χ3n) is 11.8. The number of hydrogen-bond acceptors (Lipinski definition) is 1. The molecule has 1 heterocycles. The van der Waals surface area contributed by atoms with Gasteiger partial charge in [0, 0.05) is 33.4 Å². The number of fused-ring (bicyclic) bond motifs is 4. The monoisotopic (exact) mass is 764 g/mol. The Morgan fingerprint density at radius 3 is 1.42 bits per heavy atom. The maximum absolute atomic E-state index is 2.41. The molecule has 0 bridgehead atoms. The van der Waals surface area contributed by atoms with Crippen LogP contribution in [0.5, 0.6) is 0 Å². The highest BCUT2D eigenvalue weighted by Crippen LogP contribution is 2.44. The van der Waals surface area contributed by atoms with Gasteiger partial charge < -0.3 is 9.47 Å². The van der Waals surface area contributed by atoms with E-state index in [2.05, 4.69) is 252 Å². The topological polar surface area (TPSA) is 8.17 Å². The summed E-state index contributed by atoms with van der Waals surface area (Å²) in [5.74, 6) is 0. The average Bonchev–Trinajstić information content (AvgIpc) is 3.67. The van der Waals surface area contributed by atoms with Crippen molar-refractivity contribution < 1.29 is 0 Å². The molecule has 0 N–H and O–H groups in total. The first-order valence-corrected chi connectivity index (χ1v) is 20.6. The maximum Gasteiger partial charge on any atom is 0.0541 e. The normalized spacial score (nSPS) is 11.3. The van der Waals surface area contributed by atoms with E-state index in [0.717, 1.165) is 28.3 Å². The summed E-state index contributed by atoms with van der Waals surface area (Å²) in [4.78, 5) is 2.39. The largest absolute Gasteiger partial charge is 0.310 e. The van der Waals surface area contributed by atoms with Crippen LogP contribution in [0, 0.1) is 0 Å². The van der Waals surface area contributed by atoms with Crippen molar-refractivity contribution in [2.24, 2.45) is 0 Å². The zero-order chi connectivity index (χ0) is 39.8. The van der Waals surface area contributed by atoms with E-state index in [0.29, 0.717) is 0 Å². The fraction of sp³-hybridized carbons (Fsp3) is 0. The predicted molar refractivity (Wildman–Crippen MR) is 255 cm³/mol. The number of hydrogen-bond donors (Lipinski definition) is 0. The minimum atomic E-state index is 1.08. The zero-order valence-electron chi connectivity index (χ0n) is 33.0. The highest BCUT2D eigenvalue weighted by Gasteiger charge is 2.19. The van der Waals surface area contributed by atoms with Crippen molar-refractivity contribution in [1.82, 2.24) is 4.57 Å². The van der Waals surface area contributed by atoms with Crippen molar-refractivity contribution in [3.8, 4) is 50.2 Å². The van der Waals surface area contributed by atoms with Crippen LogP contribution in [0.1, 0.15) is 0 Å². The van der Waals surface area contributed by atoms with Gasteiger partial charge in [-0.05, 0) is 104 Å². The molecular formula is C58H40N2. The van der Waals surface area contributed by atoms with Crippen LogP contribution in [0.25, 0.3) is 82.8 Å². The van der Waals surface area contributed by atoms with Crippen LogP contribution in [0.2, 0.25) is 0 Å². The molecule has 60 heavy (non-hydrogen) atoms. The average molecular weight is 765 g/mol. The van der Waals surface area contributed by atoms with Crippen LogP contribution in [0.15, 0.2) is 243 Å². The number of anilines is 3. The van der Waals surface area contributed by atoms with E-state index >= 15 is 0 Å². The third-order valence-corrected chi connectivity index (χ3v) is 11.8. The lowest BCUT2D eigenvalue weighted by Gasteiger charge is -2.27. The first-order chi connectivity index (χ1) is 29.8. The molecule has 0 radical (unpaired) electrons. The maximum atomic E-state index is 2.41. The van der Waals surface area contributed by atoms with Crippen LogP contribution in [-0.4, -0.2) is 4.57 Å². The van der Waals surface area contributed by atoms with E-state index in [1.54, 1.807) is 0 Å². The van der Waals surface area contributed by atoms with Gasteiger partial charge in [0.25, 0.3) is 0 Å². The van der Waals surface area contributed by atoms with E-state index in [9.17, 15) is 0 Å².